The van der Waals surface area contributed by atoms with Crippen LogP contribution >= 0.6 is 12.4 Å². The number of halogens is 2. The maximum absolute atomic E-state index is 12.9. The van der Waals surface area contributed by atoms with Gasteiger partial charge in [0.1, 0.15) is 5.82 Å². The van der Waals surface area contributed by atoms with Crippen LogP contribution in [0, 0.1) is 5.82 Å². The minimum Gasteiger partial charge on any atom is -0.443 e. The minimum absolute atomic E-state index is 0. The Bertz CT molecular complexity index is 417. The van der Waals surface area contributed by atoms with E-state index in [1.54, 1.807) is 0 Å². The Labute approximate surface area is 139 Å². The van der Waals surface area contributed by atoms with Gasteiger partial charge in [0.2, 0.25) is 0 Å². The molecule has 0 aliphatic rings. The Kier molecular flexibility index (Phi) is 10.9. The van der Waals surface area contributed by atoms with Crippen molar-refractivity contribution in [2.24, 2.45) is 0 Å². The minimum atomic E-state index is -0.402. The average Bonchev–Trinajstić information content (AvgIpc) is 2.47. The molecule has 5 heteroatoms. The molecule has 1 rings (SSSR count). The highest BCUT2D eigenvalue weighted by molar-refractivity contribution is 5.89. The van der Waals surface area contributed by atoms with Crippen LogP contribution in [0.25, 0.3) is 0 Å². The molecule has 0 bridgehead atoms. The van der Waals surface area contributed by atoms with Gasteiger partial charge in [-0.15, -0.1) is 12.4 Å². The molecule has 0 aliphatic heterocycles. The third-order valence-corrected chi connectivity index (χ3v) is 3.47. The monoisotopic (exact) mass is 331 g/mol. The third-order valence-electron chi connectivity index (χ3n) is 3.47. The van der Waals surface area contributed by atoms with Crippen LogP contribution < -0.4 is 0 Å². The van der Waals surface area contributed by atoms with Crippen LogP contribution in [0.4, 0.5) is 4.39 Å². The number of unbranched alkanes of at least 4 members (excludes halogenated alkanes) is 2. The zero-order chi connectivity index (χ0) is 15.7. The summed E-state index contributed by atoms with van der Waals surface area (Å²) in [5, 5.41) is 0. The van der Waals surface area contributed by atoms with Gasteiger partial charge >= 0.3 is 5.97 Å². The Morgan fingerprint density at radius 3 is 2.09 bits per heavy atom. The second-order valence-electron chi connectivity index (χ2n) is 5.25. The number of benzene rings is 1. The fourth-order valence-corrected chi connectivity index (χ4v) is 2.08. The Hall–Kier alpha value is -1.13. The molecule has 126 valence electrons. The van der Waals surface area contributed by atoms with E-state index in [1.165, 1.54) is 24.3 Å². The quantitative estimate of drug-likeness (QED) is 0.487. The van der Waals surface area contributed by atoms with E-state index in [9.17, 15) is 9.18 Å². The van der Waals surface area contributed by atoms with Crippen molar-refractivity contribution in [3.8, 4) is 0 Å². The molecule has 0 fully saturated rings. The number of hydrogen-bond donors (Lipinski definition) is 0. The summed E-state index contributed by atoms with van der Waals surface area (Å²) in [4.78, 5) is 14.2. The summed E-state index contributed by atoms with van der Waals surface area (Å²) in [5.74, 6) is -0.757. The molecule has 0 spiro atoms. The fourth-order valence-electron chi connectivity index (χ4n) is 2.08. The number of esters is 1. The molecule has 0 saturated carbocycles. The molecule has 0 aromatic heterocycles. The van der Waals surface area contributed by atoms with Crippen LogP contribution in [0.1, 0.15) is 56.8 Å². The van der Waals surface area contributed by atoms with Crippen molar-refractivity contribution in [3.63, 3.8) is 0 Å². The molecule has 1 atom stereocenters. The summed E-state index contributed by atoms with van der Waals surface area (Å²) >= 11 is 0. The molecule has 0 radical (unpaired) electrons. The van der Waals surface area contributed by atoms with Crippen LogP contribution in [0.15, 0.2) is 24.3 Å². The fraction of sp³-hybridized carbons (Fsp3) is 0.588. The van der Waals surface area contributed by atoms with Crippen molar-refractivity contribution in [3.05, 3.63) is 35.6 Å². The highest BCUT2D eigenvalue weighted by Crippen LogP contribution is 2.10. The molecular weight excluding hydrogens is 305 g/mol. The van der Waals surface area contributed by atoms with E-state index < -0.39 is 5.97 Å². The van der Waals surface area contributed by atoms with E-state index in [1.807, 2.05) is 6.92 Å². The maximum atomic E-state index is 12.9. The zero-order valence-electron chi connectivity index (χ0n) is 13.7. The van der Waals surface area contributed by atoms with Gasteiger partial charge in [-0.2, -0.15) is 0 Å². The van der Waals surface area contributed by atoms with Crippen molar-refractivity contribution in [2.45, 2.75) is 52.7 Å². The van der Waals surface area contributed by atoms with E-state index in [2.05, 4.69) is 18.7 Å². The van der Waals surface area contributed by atoms with Crippen LogP contribution in [0.3, 0.4) is 0 Å². The lowest BCUT2D eigenvalue weighted by molar-refractivity contribution is -0.0244. The summed E-state index contributed by atoms with van der Waals surface area (Å²) in [5.41, 5.74) is 0.384. The SMILES string of the molecule is CCCCN(CCCC)C(C)OC(=O)c1ccc(F)cc1.Cl. The molecule has 1 aromatic carbocycles. The molecule has 0 saturated heterocycles. The first-order valence-electron chi connectivity index (χ1n) is 7.79. The number of ether oxygens (including phenoxy) is 1. The summed E-state index contributed by atoms with van der Waals surface area (Å²) in [7, 11) is 0. The molecule has 0 N–H and O–H groups in total. The number of carbonyl (C=O) groups excluding carboxylic acids is 1. The lowest BCUT2D eigenvalue weighted by Gasteiger charge is -2.28. The van der Waals surface area contributed by atoms with Crippen LogP contribution in [0.2, 0.25) is 0 Å². The molecule has 0 aliphatic carbocycles. The first-order chi connectivity index (χ1) is 10.1. The Morgan fingerprint density at radius 2 is 1.64 bits per heavy atom. The van der Waals surface area contributed by atoms with E-state index >= 15 is 0 Å². The molecule has 0 amide bonds. The van der Waals surface area contributed by atoms with E-state index in [-0.39, 0.29) is 24.5 Å². The third kappa shape index (κ3) is 7.23. The van der Waals surface area contributed by atoms with Gasteiger partial charge in [-0.3, -0.25) is 4.90 Å². The van der Waals surface area contributed by atoms with Crippen LogP contribution in [-0.2, 0) is 4.74 Å². The standard InChI is InChI=1S/C17H26FNO2.ClH/c1-4-6-12-19(13-7-5-2)14(3)21-17(20)15-8-10-16(18)11-9-15;/h8-11,14H,4-7,12-13H2,1-3H3;1H. The van der Waals surface area contributed by atoms with Gasteiger partial charge in [0, 0.05) is 13.1 Å². The smallest absolute Gasteiger partial charge is 0.339 e. The first kappa shape index (κ1) is 20.9. The number of rotatable bonds is 9. The predicted octanol–water partition coefficient (Wildman–Crippen LogP) is 4.65. The van der Waals surface area contributed by atoms with Crippen molar-refractivity contribution < 1.29 is 13.9 Å². The largest absolute Gasteiger partial charge is 0.443 e. The lowest BCUT2D eigenvalue weighted by Crippen LogP contribution is -2.38. The van der Waals surface area contributed by atoms with E-state index in [4.69, 9.17) is 4.74 Å². The summed E-state index contributed by atoms with van der Waals surface area (Å²) in [6.07, 6.45) is 4.13. The predicted molar refractivity (Wildman–Crippen MR) is 89.9 cm³/mol. The lowest BCUT2D eigenvalue weighted by atomic mass is 10.2. The molecule has 1 unspecified atom stereocenters. The van der Waals surface area contributed by atoms with Crippen molar-refractivity contribution in [2.75, 3.05) is 13.1 Å². The van der Waals surface area contributed by atoms with Gasteiger partial charge in [-0.1, -0.05) is 26.7 Å². The van der Waals surface area contributed by atoms with Crippen molar-refractivity contribution in [1.29, 1.82) is 0 Å². The van der Waals surface area contributed by atoms with E-state index in [0.29, 0.717) is 5.56 Å². The molecule has 1 aromatic rings. The van der Waals surface area contributed by atoms with Crippen molar-refractivity contribution >= 4 is 18.4 Å². The van der Waals surface area contributed by atoms with Gasteiger partial charge in [-0.05, 0) is 44.0 Å². The average molecular weight is 332 g/mol. The summed E-state index contributed by atoms with van der Waals surface area (Å²) in [6.45, 7) is 8.04. The van der Waals surface area contributed by atoms with Crippen LogP contribution in [-0.4, -0.2) is 30.2 Å². The summed E-state index contributed by atoms with van der Waals surface area (Å²) < 4.78 is 18.4. The van der Waals surface area contributed by atoms with Gasteiger partial charge in [-0.25, -0.2) is 9.18 Å². The van der Waals surface area contributed by atoms with E-state index in [0.717, 1.165) is 38.8 Å². The highest BCUT2D eigenvalue weighted by atomic mass is 35.5. The number of carbonyl (C=O) groups is 1. The van der Waals surface area contributed by atoms with Gasteiger partial charge in [0.25, 0.3) is 0 Å². The maximum Gasteiger partial charge on any atom is 0.339 e. The molecular formula is C17H27ClFNO2. The molecule has 22 heavy (non-hydrogen) atoms. The number of nitrogens with zero attached hydrogens (tertiary/aromatic N) is 1. The second kappa shape index (κ2) is 11.4. The van der Waals surface area contributed by atoms with Gasteiger partial charge in [0.15, 0.2) is 6.23 Å². The van der Waals surface area contributed by atoms with Crippen LogP contribution in [0.5, 0.6) is 0 Å². The Balaban J connectivity index is 0.00000441. The Morgan fingerprint density at radius 1 is 1.14 bits per heavy atom. The second-order valence-corrected chi connectivity index (χ2v) is 5.25. The normalized spacial score (nSPS) is 11.9. The topological polar surface area (TPSA) is 29.5 Å². The highest BCUT2D eigenvalue weighted by Gasteiger charge is 2.18. The van der Waals surface area contributed by atoms with Gasteiger partial charge < -0.3 is 4.74 Å². The number of hydrogen-bond acceptors (Lipinski definition) is 3. The van der Waals surface area contributed by atoms with Crippen molar-refractivity contribution in [1.82, 2.24) is 4.90 Å². The zero-order valence-corrected chi connectivity index (χ0v) is 14.5. The molecule has 3 nitrogen and oxygen atoms in total. The first-order valence-corrected chi connectivity index (χ1v) is 7.79. The summed E-state index contributed by atoms with van der Waals surface area (Å²) in [6, 6.07) is 5.44. The van der Waals surface area contributed by atoms with Gasteiger partial charge in [0.05, 0.1) is 5.56 Å². The molecule has 0 heterocycles.